The summed E-state index contributed by atoms with van der Waals surface area (Å²) in [7, 11) is 0. The highest BCUT2D eigenvalue weighted by Gasteiger charge is 2.10. The van der Waals surface area contributed by atoms with Crippen LogP contribution in [0.3, 0.4) is 0 Å². The third-order valence-corrected chi connectivity index (χ3v) is 3.49. The third-order valence-electron chi connectivity index (χ3n) is 2.61. The normalized spacial score (nSPS) is 10.2. The fourth-order valence-electron chi connectivity index (χ4n) is 1.49. The maximum Gasteiger partial charge on any atom is 0.226 e. The molecule has 2 heterocycles. The van der Waals surface area contributed by atoms with Gasteiger partial charge in [0.2, 0.25) is 11.0 Å². The van der Waals surface area contributed by atoms with Crippen LogP contribution >= 0.6 is 11.3 Å². The Morgan fingerprint density at radius 1 is 1.30 bits per heavy atom. The zero-order valence-electron chi connectivity index (χ0n) is 11.0. The van der Waals surface area contributed by atoms with E-state index in [1.807, 2.05) is 12.1 Å². The molecule has 0 radical (unpaired) electrons. The summed E-state index contributed by atoms with van der Waals surface area (Å²) >= 11 is 1.28. The molecule has 2 aromatic rings. The topological polar surface area (TPSA) is 84.8 Å². The van der Waals surface area contributed by atoms with Gasteiger partial charge in [-0.05, 0) is 12.1 Å². The summed E-state index contributed by atoms with van der Waals surface area (Å²) in [6.07, 6.45) is 4.26. The minimum Gasteiger partial charge on any atom is -0.301 e. The van der Waals surface area contributed by atoms with Crippen molar-refractivity contribution in [3.8, 4) is 10.6 Å². The zero-order chi connectivity index (χ0) is 14.4. The van der Waals surface area contributed by atoms with E-state index < -0.39 is 0 Å². The van der Waals surface area contributed by atoms with E-state index in [-0.39, 0.29) is 24.5 Å². The van der Waals surface area contributed by atoms with Crippen LogP contribution in [-0.2, 0) is 9.59 Å². The smallest absolute Gasteiger partial charge is 0.226 e. The molecule has 0 aliphatic carbocycles. The highest BCUT2D eigenvalue weighted by Crippen LogP contribution is 2.25. The van der Waals surface area contributed by atoms with Crippen LogP contribution in [0.25, 0.3) is 10.6 Å². The molecular formula is C13H14N4O2S. The largest absolute Gasteiger partial charge is 0.301 e. The number of nitrogens with one attached hydrogen (secondary N) is 1. The number of Topliss-reactive ketones (excluding diaryl/α,β-unsaturated/α-hetero) is 1. The molecule has 0 atom stereocenters. The van der Waals surface area contributed by atoms with E-state index in [9.17, 15) is 9.59 Å². The molecule has 2 rings (SSSR count). The lowest BCUT2D eigenvalue weighted by molar-refractivity contribution is -0.122. The van der Waals surface area contributed by atoms with Crippen molar-refractivity contribution in [3.63, 3.8) is 0 Å². The number of carbonyl (C=O) groups is 2. The van der Waals surface area contributed by atoms with Crippen molar-refractivity contribution in [2.75, 3.05) is 5.32 Å². The van der Waals surface area contributed by atoms with Gasteiger partial charge < -0.3 is 5.32 Å². The number of rotatable bonds is 6. The number of pyridine rings is 1. The second-order valence-electron chi connectivity index (χ2n) is 4.09. The summed E-state index contributed by atoms with van der Waals surface area (Å²) in [6, 6.07) is 3.68. The quantitative estimate of drug-likeness (QED) is 0.882. The van der Waals surface area contributed by atoms with Gasteiger partial charge in [0.05, 0.1) is 0 Å². The van der Waals surface area contributed by atoms with Gasteiger partial charge in [-0.3, -0.25) is 14.6 Å². The van der Waals surface area contributed by atoms with Gasteiger partial charge in [-0.25, -0.2) is 0 Å². The fourth-order valence-corrected chi connectivity index (χ4v) is 2.24. The van der Waals surface area contributed by atoms with Crippen LogP contribution in [0.4, 0.5) is 5.13 Å². The molecule has 0 aliphatic rings. The van der Waals surface area contributed by atoms with Crippen molar-refractivity contribution < 1.29 is 9.59 Å². The Hall–Kier alpha value is -2.15. The summed E-state index contributed by atoms with van der Waals surface area (Å²) in [6.45, 7) is 1.78. The number of carbonyl (C=O) groups excluding carboxylic acids is 2. The number of amides is 1. The highest BCUT2D eigenvalue weighted by atomic mass is 32.1. The minimum absolute atomic E-state index is 0.0773. The first-order valence-corrected chi connectivity index (χ1v) is 7.06. The molecule has 1 amide bonds. The lowest BCUT2D eigenvalue weighted by atomic mass is 10.2. The Morgan fingerprint density at radius 2 is 2.15 bits per heavy atom. The van der Waals surface area contributed by atoms with E-state index in [1.54, 1.807) is 19.3 Å². The van der Waals surface area contributed by atoms with E-state index in [4.69, 9.17) is 0 Å². The van der Waals surface area contributed by atoms with Crippen molar-refractivity contribution >= 4 is 28.2 Å². The van der Waals surface area contributed by atoms with E-state index in [0.29, 0.717) is 16.6 Å². The van der Waals surface area contributed by atoms with E-state index in [1.165, 1.54) is 11.3 Å². The summed E-state index contributed by atoms with van der Waals surface area (Å²) in [5.74, 6) is -0.144. The Morgan fingerprint density at radius 3 is 2.85 bits per heavy atom. The van der Waals surface area contributed by atoms with Gasteiger partial charge in [0.1, 0.15) is 5.78 Å². The van der Waals surface area contributed by atoms with Crippen molar-refractivity contribution in [2.24, 2.45) is 0 Å². The van der Waals surface area contributed by atoms with Gasteiger partial charge >= 0.3 is 0 Å². The molecule has 0 bridgehead atoms. The molecule has 0 spiro atoms. The molecule has 20 heavy (non-hydrogen) atoms. The molecule has 0 saturated carbocycles. The van der Waals surface area contributed by atoms with Crippen LogP contribution in [0.1, 0.15) is 26.2 Å². The van der Waals surface area contributed by atoms with Gasteiger partial charge in [0, 0.05) is 37.2 Å². The number of aromatic nitrogens is 3. The molecular weight excluding hydrogens is 276 g/mol. The predicted molar refractivity (Wildman–Crippen MR) is 76.3 cm³/mol. The highest BCUT2D eigenvalue weighted by molar-refractivity contribution is 7.18. The van der Waals surface area contributed by atoms with E-state index in [2.05, 4.69) is 20.5 Å². The van der Waals surface area contributed by atoms with Crippen molar-refractivity contribution in [1.82, 2.24) is 15.2 Å². The molecule has 1 N–H and O–H groups in total. The van der Waals surface area contributed by atoms with Crippen molar-refractivity contribution in [3.05, 3.63) is 24.5 Å². The molecule has 2 aromatic heterocycles. The Balaban J connectivity index is 1.93. The number of ketones is 1. The lowest BCUT2D eigenvalue weighted by Crippen LogP contribution is -2.12. The molecule has 6 nitrogen and oxygen atoms in total. The van der Waals surface area contributed by atoms with Gasteiger partial charge in [-0.2, -0.15) is 0 Å². The van der Waals surface area contributed by atoms with Crippen molar-refractivity contribution in [2.45, 2.75) is 26.2 Å². The van der Waals surface area contributed by atoms with Crippen LogP contribution in [0.15, 0.2) is 24.5 Å². The second-order valence-corrected chi connectivity index (χ2v) is 5.07. The molecule has 0 saturated heterocycles. The molecule has 0 unspecified atom stereocenters. The monoisotopic (exact) mass is 290 g/mol. The van der Waals surface area contributed by atoms with Crippen LogP contribution < -0.4 is 5.32 Å². The van der Waals surface area contributed by atoms with Gasteiger partial charge in [0.25, 0.3) is 0 Å². The van der Waals surface area contributed by atoms with Gasteiger partial charge in [-0.1, -0.05) is 18.3 Å². The Labute approximate surface area is 120 Å². The van der Waals surface area contributed by atoms with Gasteiger partial charge in [-0.15, -0.1) is 10.2 Å². The molecule has 104 valence electrons. The summed E-state index contributed by atoms with van der Waals surface area (Å²) in [5, 5.41) is 11.7. The first-order chi connectivity index (χ1) is 9.69. The predicted octanol–water partition coefficient (Wildman–Crippen LogP) is 2.30. The van der Waals surface area contributed by atoms with Crippen molar-refractivity contribution in [1.29, 1.82) is 0 Å². The minimum atomic E-state index is -0.222. The Kier molecular flexibility index (Phi) is 4.89. The maximum absolute atomic E-state index is 11.6. The molecule has 0 aromatic carbocycles. The van der Waals surface area contributed by atoms with Crippen LogP contribution in [0.5, 0.6) is 0 Å². The third kappa shape index (κ3) is 3.92. The number of anilines is 1. The van der Waals surface area contributed by atoms with Crippen LogP contribution in [0.2, 0.25) is 0 Å². The number of hydrogen-bond donors (Lipinski definition) is 1. The molecule has 0 aliphatic heterocycles. The summed E-state index contributed by atoms with van der Waals surface area (Å²) < 4.78 is 0. The van der Waals surface area contributed by atoms with Crippen LogP contribution in [0, 0.1) is 0 Å². The maximum atomic E-state index is 11.6. The molecule has 7 heteroatoms. The number of hydrogen-bond acceptors (Lipinski definition) is 6. The van der Waals surface area contributed by atoms with E-state index >= 15 is 0 Å². The summed E-state index contributed by atoms with van der Waals surface area (Å²) in [4.78, 5) is 26.8. The second kappa shape index (κ2) is 6.85. The number of nitrogens with zero attached hydrogens (tertiary/aromatic N) is 3. The standard InChI is InChI=1S/C13H14N4O2S/c1-2-10(18)5-6-11(19)15-13-17-16-12(20-13)9-4-3-7-14-8-9/h3-4,7-8H,2,5-6H2,1H3,(H,15,17,19). The first kappa shape index (κ1) is 14.3. The van der Waals surface area contributed by atoms with E-state index in [0.717, 1.165) is 5.56 Å². The zero-order valence-corrected chi connectivity index (χ0v) is 11.8. The first-order valence-electron chi connectivity index (χ1n) is 6.24. The van der Waals surface area contributed by atoms with Crippen LogP contribution in [-0.4, -0.2) is 26.9 Å². The Bertz CT molecular complexity index is 597. The summed E-state index contributed by atoms with van der Waals surface area (Å²) in [5.41, 5.74) is 0.853. The fraction of sp³-hybridized carbons (Fsp3) is 0.308. The average molecular weight is 290 g/mol. The SMILES string of the molecule is CCC(=O)CCC(=O)Nc1nnc(-c2cccnc2)s1. The van der Waals surface area contributed by atoms with Gasteiger partial charge in [0.15, 0.2) is 5.01 Å². The average Bonchev–Trinajstić information content (AvgIpc) is 2.94. The molecule has 0 fully saturated rings. The lowest BCUT2D eigenvalue weighted by Gasteiger charge is -1.99.